The zero-order chi connectivity index (χ0) is 25.1. The number of nitrogens with one attached hydrogen (secondary N) is 1. The fraction of sp³-hybridized carbons (Fsp3) is 0.192. The summed E-state index contributed by atoms with van der Waals surface area (Å²) in [4.78, 5) is 32.4. The number of aliphatic imine (C=N–C) groups is 1. The third kappa shape index (κ3) is 5.13. The number of hydrogen-bond donors (Lipinski definition) is 1. The lowest BCUT2D eigenvalue weighted by molar-refractivity contribution is -0.129. The van der Waals surface area contributed by atoms with Gasteiger partial charge in [-0.3, -0.25) is 14.5 Å². The third-order valence-electron chi connectivity index (χ3n) is 5.64. The lowest BCUT2D eigenvalue weighted by Crippen LogP contribution is -2.44. The molecule has 2 amide bonds. The molecule has 184 valence electrons. The van der Waals surface area contributed by atoms with Crippen LogP contribution in [0.1, 0.15) is 12.0 Å². The van der Waals surface area contributed by atoms with Crippen LogP contribution in [-0.2, 0) is 16.1 Å². The first-order valence-corrected chi connectivity index (χ1v) is 12.0. The lowest BCUT2D eigenvalue weighted by atomic mass is 10.1. The molecule has 3 aromatic carbocycles. The van der Waals surface area contributed by atoms with E-state index in [-0.39, 0.29) is 31.4 Å². The van der Waals surface area contributed by atoms with Crippen LogP contribution < -0.4 is 19.5 Å². The molecule has 5 rings (SSSR count). The van der Waals surface area contributed by atoms with Crippen molar-refractivity contribution in [2.45, 2.75) is 18.2 Å². The maximum absolute atomic E-state index is 14.1. The summed E-state index contributed by atoms with van der Waals surface area (Å²) < 4.78 is 30.1. The molecule has 0 radical (unpaired) electrons. The predicted molar refractivity (Wildman–Crippen MR) is 134 cm³/mol. The van der Waals surface area contributed by atoms with Crippen LogP contribution in [0.5, 0.6) is 17.2 Å². The van der Waals surface area contributed by atoms with Gasteiger partial charge < -0.3 is 19.5 Å². The summed E-state index contributed by atoms with van der Waals surface area (Å²) in [6.45, 7) is 0.388. The average Bonchev–Trinajstić information content (AvgIpc) is 3.35. The van der Waals surface area contributed by atoms with Gasteiger partial charge in [0.2, 0.25) is 18.6 Å². The van der Waals surface area contributed by atoms with Crippen molar-refractivity contribution in [1.82, 2.24) is 4.90 Å². The topological polar surface area (TPSA) is 89.5 Å². The molecule has 1 atom stereocenters. The molecule has 2 aliphatic rings. The first kappa shape index (κ1) is 23.7. The van der Waals surface area contributed by atoms with E-state index in [1.165, 1.54) is 18.2 Å². The number of nitrogens with zero attached hydrogens (tertiary/aromatic N) is 2. The normalized spacial score (nSPS) is 17.8. The van der Waals surface area contributed by atoms with E-state index in [9.17, 15) is 14.0 Å². The number of para-hydroxylation sites is 1. The molecule has 0 spiro atoms. The molecule has 1 saturated heterocycles. The van der Waals surface area contributed by atoms with Crippen LogP contribution in [0.4, 0.5) is 15.8 Å². The van der Waals surface area contributed by atoms with Crippen LogP contribution in [0.2, 0.25) is 0 Å². The molecule has 1 fully saturated rings. The Morgan fingerprint density at radius 2 is 1.92 bits per heavy atom. The molecule has 8 nitrogen and oxygen atoms in total. The monoisotopic (exact) mass is 507 g/mol. The Kier molecular flexibility index (Phi) is 6.77. The number of methoxy groups -OCH3 is 1. The minimum absolute atomic E-state index is 0.0584. The van der Waals surface area contributed by atoms with E-state index in [0.29, 0.717) is 28.1 Å². The van der Waals surface area contributed by atoms with Crippen LogP contribution in [0.15, 0.2) is 71.7 Å². The number of amidine groups is 1. The Hall–Kier alpha value is -4.05. The van der Waals surface area contributed by atoms with Crippen LogP contribution in [-0.4, -0.2) is 41.0 Å². The predicted octanol–water partition coefficient (Wildman–Crippen LogP) is 4.72. The van der Waals surface area contributed by atoms with E-state index in [0.717, 1.165) is 17.3 Å². The molecule has 2 aliphatic heterocycles. The summed E-state index contributed by atoms with van der Waals surface area (Å²) in [6.07, 6.45) is -0.0584. The van der Waals surface area contributed by atoms with Gasteiger partial charge in [-0.05, 0) is 54.1 Å². The smallest absolute Gasteiger partial charge is 0.238 e. The number of amides is 2. The lowest BCUT2D eigenvalue weighted by Gasteiger charge is -2.32. The largest absolute Gasteiger partial charge is 0.497 e. The summed E-state index contributed by atoms with van der Waals surface area (Å²) in [7, 11) is 1.57. The molecule has 1 unspecified atom stereocenters. The summed E-state index contributed by atoms with van der Waals surface area (Å²) >= 11 is 1.16. The Morgan fingerprint density at radius 3 is 2.69 bits per heavy atom. The molecule has 2 heterocycles. The number of ether oxygens (including phenoxy) is 3. The first-order valence-electron chi connectivity index (χ1n) is 11.1. The molecule has 36 heavy (non-hydrogen) atoms. The summed E-state index contributed by atoms with van der Waals surface area (Å²) in [5.74, 6) is 0.645. The van der Waals surface area contributed by atoms with Gasteiger partial charge in [0, 0.05) is 6.42 Å². The maximum Gasteiger partial charge on any atom is 0.238 e. The highest BCUT2D eigenvalue weighted by Crippen LogP contribution is 2.35. The number of halogens is 1. The molecule has 0 bridgehead atoms. The second-order valence-corrected chi connectivity index (χ2v) is 9.21. The fourth-order valence-corrected chi connectivity index (χ4v) is 4.86. The Bertz CT molecular complexity index is 1330. The molecule has 3 aromatic rings. The molecule has 0 saturated carbocycles. The van der Waals surface area contributed by atoms with Gasteiger partial charge in [0.25, 0.3) is 0 Å². The van der Waals surface area contributed by atoms with E-state index >= 15 is 0 Å². The van der Waals surface area contributed by atoms with Crippen molar-refractivity contribution < 1.29 is 28.2 Å². The number of carbonyl (C=O) groups excluding carboxylic acids is 2. The molecule has 0 aliphatic carbocycles. The van der Waals surface area contributed by atoms with Gasteiger partial charge in [-0.1, -0.05) is 30.0 Å². The van der Waals surface area contributed by atoms with Gasteiger partial charge in [-0.2, -0.15) is 0 Å². The van der Waals surface area contributed by atoms with Crippen molar-refractivity contribution in [3.63, 3.8) is 0 Å². The highest BCUT2D eigenvalue weighted by atomic mass is 32.2. The van der Waals surface area contributed by atoms with Gasteiger partial charge in [-0.25, -0.2) is 9.38 Å². The number of fused-ring (bicyclic) bond motifs is 1. The molecule has 1 N–H and O–H groups in total. The second-order valence-electron chi connectivity index (χ2n) is 8.04. The van der Waals surface area contributed by atoms with E-state index in [2.05, 4.69) is 10.3 Å². The van der Waals surface area contributed by atoms with E-state index in [1.807, 2.05) is 12.1 Å². The van der Waals surface area contributed by atoms with E-state index in [4.69, 9.17) is 14.2 Å². The molecular formula is C26H22FN3O5S. The van der Waals surface area contributed by atoms with Crippen LogP contribution in [0.3, 0.4) is 0 Å². The zero-order valence-corrected chi connectivity index (χ0v) is 20.1. The quantitative estimate of drug-likeness (QED) is 0.519. The summed E-state index contributed by atoms with van der Waals surface area (Å²) in [5.41, 5.74) is 1.48. The maximum atomic E-state index is 14.1. The fourth-order valence-electron chi connectivity index (χ4n) is 3.76. The van der Waals surface area contributed by atoms with E-state index < -0.39 is 17.0 Å². The van der Waals surface area contributed by atoms with Crippen molar-refractivity contribution in [2.24, 2.45) is 4.99 Å². The van der Waals surface area contributed by atoms with Crippen molar-refractivity contribution in [1.29, 1.82) is 0 Å². The number of hydrogen-bond acceptors (Lipinski definition) is 7. The highest BCUT2D eigenvalue weighted by molar-refractivity contribution is 8.15. The first-order chi connectivity index (χ1) is 17.5. The second kappa shape index (κ2) is 10.3. The standard InChI is InChI=1S/C26H22FN3O5S/c1-33-18-9-7-17(8-10-18)28-26-30(14-16-6-11-21-22(12-16)35-15-34-21)24(31)13-23(36-26)25(32)29-20-5-3-2-4-19(20)27/h2-12,23H,13-15H2,1H3,(H,29,32). The number of anilines is 1. The molecule has 10 heteroatoms. The van der Waals surface area contributed by atoms with Crippen molar-refractivity contribution in [2.75, 3.05) is 19.2 Å². The van der Waals surface area contributed by atoms with E-state index in [1.54, 1.807) is 48.4 Å². The number of thioether (sulfide) groups is 1. The minimum Gasteiger partial charge on any atom is -0.497 e. The number of carbonyl (C=O) groups is 2. The summed E-state index contributed by atoms with van der Waals surface area (Å²) in [5, 5.41) is 2.17. The Morgan fingerprint density at radius 1 is 1.14 bits per heavy atom. The van der Waals surface area contributed by atoms with Crippen molar-refractivity contribution in [3.8, 4) is 17.2 Å². The van der Waals surface area contributed by atoms with Gasteiger partial charge in [0.05, 0.1) is 25.0 Å². The van der Waals surface area contributed by atoms with Crippen LogP contribution in [0.25, 0.3) is 0 Å². The van der Waals surface area contributed by atoms with Crippen molar-refractivity contribution >= 4 is 40.1 Å². The van der Waals surface area contributed by atoms with Crippen LogP contribution >= 0.6 is 11.8 Å². The minimum atomic E-state index is -0.776. The van der Waals surface area contributed by atoms with Gasteiger partial charge in [0.15, 0.2) is 16.7 Å². The highest BCUT2D eigenvalue weighted by Gasteiger charge is 2.36. The third-order valence-corrected chi connectivity index (χ3v) is 6.83. The Balaban J connectivity index is 1.41. The molecule has 0 aromatic heterocycles. The number of benzene rings is 3. The average molecular weight is 508 g/mol. The van der Waals surface area contributed by atoms with Gasteiger partial charge >= 0.3 is 0 Å². The number of rotatable bonds is 6. The van der Waals surface area contributed by atoms with Gasteiger partial charge in [0.1, 0.15) is 16.8 Å². The van der Waals surface area contributed by atoms with Crippen LogP contribution in [0, 0.1) is 5.82 Å². The van der Waals surface area contributed by atoms with Gasteiger partial charge in [-0.15, -0.1) is 0 Å². The molecular weight excluding hydrogens is 485 g/mol. The Labute approximate surface area is 211 Å². The SMILES string of the molecule is COc1ccc(N=C2SC(C(=O)Nc3ccccc3F)CC(=O)N2Cc2ccc3c(c2)OCO3)cc1. The summed E-state index contributed by atoms with van der Waals surface area (Å²) in [6, 6.07) is 18.4. The van der Waals surface area contributed by atoms with Crippen molar-refractivity contribution in [3.05, 3.63) is 78.1 Å². The zero-order valence-electron chi connectivity index (χ0n) is 19.3.